The van der Waals surface area contributed by atoms with Crippen LogP contribution in [0.4, 0.5) is 62.8 Å². The quantitative estimate of drug-likeness (QED) is 0.178. The van der Waals surface area contributed by atoms with Crippen LogP contribution >= 0.6 is 15.9 Å². The summed E-state index contributed by atoms with van der Waals surface area (Å²) in [6.45, 7) is -3.98. The average Bonchev–Trinajstić information content (AvgIpc) is 2.89. The van der Waals surface area contributed by atoms with Crippen LogP contribution in [0.3, 0.4) is 0 Å². The first kappa shape index (κ1) is 34.7. The first-order chi connectivity index (χ1) is 20.1. The minimum Gasteiger partial charge on any atom is -0.434 e. The second-order valence-electron chi connectivity index (χ2n) is 8.77. The molecule has 3 rings (SSSR count). The average molecular weight is 714 g/mol. The van der Waals surface area contributed by atoms with Gasteiger partial charge in [-0.1, -0.05) is 22.0 Å². The number of hydrogen-bond donors (Lipinski definition) is 1. The second-order valence-corrected chi connectivity index (χ2v) is 9.62. The maximum Gasteiger partial charge on any atom is 0.457 e. The van der Waals surface area contributed by atoms with E-state index in [1.165, 1.54) is 0 Å². The molecule has 0 aromatic heterocycles. The van der Waals surface area contributed by atoms with E-state index in [0.717, 1.165) is 42.5 Å². The highest BCUT2D eigenvalue weighted by molar-refractivity contribution is 9.10. The zero-order valence-corrected chi connectivity index (χ0v) is 22.6. The summed E-state index contributed by atoms with van der Waals surface area (Å²) in [5.74, 6) is -13.2. The van der Waals surface area contributed by atoms with Crippen molar-refractivity contribution < 1.29 is 71.4 Å². The summed E-state index contributed by atoms with van der Waals surface area (Å²) in [6, 6.07) is 5.98. The topological polar surface area (TPSA) is 55.4 Å². The van der Waals surface area contributed by atoms with Crippen LogP contribution in [0.1, 0.15) is 31.8 Å². The van der Waals surface area contributed by atoms with Crippen molar-refractivity contribution in [1.29, 1.82) is 0 Å². The molecule has 0 aliphatic heterocycles. The van der Waals surface area contributed by atoms with Gasteiger partial charge in [-0.15, -0.1) is 0 Å². The van der Waals surface area contributed by atoms with Gasteiger partial charge in [-0.05, 0) is 48.5 Å². The molecule has 238 valence electrons. The van der Waals surface area contributed by atoms with E-state index < -0.39 is 99.0 Å². The standard InChI is InChI=1S/C26H13BrF13NO3/c27-16-8-12(23(32,25(35,36)37)24(33,34)26(38,39)40)9-19(44-22(30)31)15(16)10-18(42)14-2-1-3-17(20(14)29)41-21(43)11-4-6-13(28)7-5-11/h1-9,22H,10H2,(H,41,43). The number of ether oxygens (including phenoxy) is 1. The van der Waals surface area contributed by atoms with Gasteiger partial charge in [0, 0.05) is 27.6 Å². The molecule has 44 heavy (non-hydrogen) atoms. The molecule has 0 spiro atoms. The van der Waals surface area contributed by atoms with Gasteiger partial charge in [0.1, 0.15) is 11.6 Å². The number of nitrogens with one attached hydrogen (secondary N) is 1. The number of Topliss-reactive ketones (excluding diaryl/α,β-unsaturated/α-hetero) is 1. The summed E-state index contributed by atoms with van der Waals surface area (Å²) < 4.78 is 179. The summed E-state index contributed by atoms with van der Waals surface area (Å²) in [5, 5.41) is 2.09. The molecule has 18 heteroatoms. The van der Waals surface area contributed by atoms with Crippen molar-refractivity contribution in [3.05, 3.63) is 93.0 Å². The van der Waals surface area contributed by atoms with Crippen LogP contribution in [0.2, 0.25) is 0 Å². The third-order valence-corrected chi connectivity index (χ3v) is 6.65. The Morgan fingerprint density at radius 1 is 0.841 bits per heavy atom. The van der Waals surface area contributed by atoms with E-state index in [4.69, 9.17) is 0 Å². The van der Waals surface area contributed by atoms with E-state index in [1.54, 1.807) is 0 Å². The number of carbonyl (C=O) groups excluding carboxylic acids is 2. The van der Waals surface area contributed by atoms with E-state index in [2.05, 4.69) is 26.0 Å². The van der Waals surface area contributed by atoms with E-state index in [1.807, 2.05) is 0 Å². The molecular formula is C26H13BrF13NO3. The lowest BCUT2D eigenvalue weighted by Gasteiger charge is -2.36. The highest BCUT2D eigenvalue weighted by atomic mass is 79.9. The molecule has 1 amide bonds. The number of hydrogen-bond acceptors (Lipinski definition) is 3. The van der Waals surface area contributed by atoms with E-state index in [9.17, 15) is 62.3 Å². The number of benzene rings is 3. The molecule has 4 nitrogen and oxygen atoms in total. The van der Waals surface area contributed by atoms with Crippen molar-refractivity contribution in [2.75, 3.05) is 5.32 Å². The van der Waals surface area contributed by atoms with Crippen molar-refractivity contribution in [2.24, 2.45) is 0 Å². The summed E-state index contributed by atoms with van der Waals surface area (Å²) in [7, 11) is 0. The molecule has 0 aliphatic carbocycles. The van der Waals surface area contributed by atoms with Crippen LogP contribution in [0, 0.1) is 11.6 Å². The van der Waals surface area contributed by atoms with Gasteiger partial charge in [0.2, 0.25) is 0 Å². The van der Waals surface area contributed by atoms with Gasteiger partial charge in [-0.3, -0.25) is 9.59 Å². The number of anilines is 1. The summed E-state index contributed by atoms with van der Waals surface area (Å²) in [6.07, 6.45) is -15.3. The predicted molar refractivity (Wildman–Crippen MR) is 129 cm³/mol. The third-order valence-electron chi connectivity index (χ3n) is 5.94. The molecule has 0 bridgehead atoms. The van der Waals surface area contributed by atoms with Gasteiger partial charge < -0.3 is 10.1 Å². The van der Waals surface area contributed by atoms with Gasteiger partial charge in [0.05, 0.1) is 11.3 Å². The predicted octanol–water partition coefficient (Wildman–Crippen LogP) is 8.93. The summed E-state index contributed by atoms with van der Waals surface area (Å²) >= 11 is 2.45. The van der Waals surface area contributed by atoms with Crippen LogP contribution in [-0.2, 0) is 12.1 Å². The molecule has 0 heterocycles. The summed E-state index contributed by atoms with van der Waals surface area (Å²) in [4.78, 5) is 25.3. The first-order valence-corrected chi connectivity index (χ1v) is 12.3. The van der Waals surface area contributed by atoms with Gasteiger partial charge in [-0.2, -0.15) is 43.9 Å². The van der Waals surface area contributed by atoms with Gasteiger partial charge in [0.25, 0.3) is 5.91 Å². The fraction of sp³-hybridized carbons (Fsp3) is 0.231. The van der Waals surface area contributed by atoms with Crippen LogP contribution in [0.25, 0.3) is 0 Å². The Morgan fingerprint density at radius 3 is 1.95 bits per heavy atom. The van der Waals surface area contributed by atoms with Gasteiger partial charge in [-0.25, -0.2) is 13.2 Å². The van der Waals surface area contributed by atoms with Crippen molar-refractivity contribution >= 4 is 33.3 Å². The molecule has 0 saturated heterocycles. The lowest BCUT2D eigenvalue weighted by Crippen LogP contribution is -2.59. The second kappa shape index (κ2) is 12.3. The number of alkyl halides is 11. The molecule has 0 aliphatic rings. The Balaban J connectivity index is 2.06. The highest BCUT2D eigenvalue weighted by Gasteiger charge is 2.81. The van der Waals surface area contributed by atoms with Crippen LogP contribution in [-0.4, -0.2) is 36.6 Å². The van der Waals surface area contributed by atoms with Gasteiger partial charge in [0.15, 0.2) is 11.6 Å². The minimum atomic E-state index is -7.14. The molecule has 3 aromatic carbocycles. The number of amides is 1. The van der Waals surface area contributed by atoms with Crippen molar-refractivity contribution in [2.45, 2.75) is 37.0 Å². The Hall–Kier alpha value is -3.83. The van der Waals surface area contributed by atoms with Crippen molar-refractivity contribution in [3.63, 3.8) is 0 Å². The van der Waals surface area contributed by atoms with Crippen LogP contribution < -0.4 is 10.1 Å². The normalized spacial score (nSPS) is 13.9. The van der Waals surface area contributed by atoms with Crippen LogP contribution in [0.5, 0.6) is 5.75 Å². The van der Waals surface area contributed by atoms with Crippen LogP contribution in [0.15, 0.2) is 59.1 Å². The molecule has 1 atom stereocenters. The zero-order chi connectivity index (χ0) is 33.4. The number of ketones is 1. The minimum absolute atomic E-state index is 0.140. The zero-order valence-electron chi connectivity index (χ0n) is 21.0. The number of halogens is 14. The molecule has 3 aromatic rings. The van der Waals surface area contributed by atoms with E-state index in [0.29, 0.717) is 0 Å². The molecular weight excluding hydrogens is 701 g/mol. The van der Waals surface area contributed by atoms with Gasteiger partial charge >= 0.3 is 30.6 Å². The molecule has 0 radical (unpaired) electrons. The monoisotopic (exact) mass is 713 g/mol. The maximum atomic E-state index is 15.1. The lowest BCUT2D eigenvalue weighted by molar-refractivity contribution is -0.389. The Kier molecular flexibility index (Phi) is 9.67. The Morgan fingerprint density at radius 2 is 1.43 bits per heavy atom. The van der Waals surface area contributed by atoms with E-state index >= 15 is 4.39 Å². The fourth-order valence-electron chi connectivity index (χ4n) is 3.80. The first-order valence-electron chi connectivity index (χ1n) is 11.5. The Bertz CT molecular complexity index is 1560. The molecule has 1 N–H and O–H groups in total. The molecule has 0 fully saturated rings. The lowest BCUT2D eigenvalue weighted by atomic mass is 9.86. The van der Waals surface area contributed by atoms with Crippen molar-refractivity contribution in [3.8, 4) is 5.75 Å². The maximum absolute atomic E-state index is 15.1. The largest absolute Gasteiger partial charge is 0.457 e. The SMILES string of the molecule is O=C(Nc1cccc(C(=O)Cc2c(Br)cc(C(F)(C(F)(F)F)C(F)(F)C(F)(F)F)cc2OC(F)F)c1F)c1ccc(F)cc1. The Labute approximate surface area is 245 Å². The fourth-order valence-corrected chi connectivity index (χ4v) is 4.38. The number of carbonyl (C=O) groups is 2. The van der Waals surface area contributed by atoms with Crippen molar-refractivity contribution in [1.82, 2.24) is 0 Å². The number of rotatable bonds is 9. The van der Waals surface area contributed by atoms with E-state index in [-0.39, 0.29) is 11.6 Å². The third kappa shape index (κ3) is 6.63. The molecule has 1 unspecified atom stereocenters. The molecule has 0 saturated carbocycles. The summed E-state index contributed by atoms with van der Waals surface area (Å²) in [5.41, 5.74) is -11.6. The smallest absolute Gasteiger partial charge is 0.434 e. The highest BCUT2D eigenvalue weighted by Crippen LogP contribution is 2.59.